The van der Waals surface area contributed by atoms with Crippen LogP contribution >= 0.6 is 11.3 Å². The maximum atomic E-state index is 13.0. The van der Waals surface area contributed by atoms with Gasteiger partial charge in [-0.15, -0.1) is 11.3 Å². The molecule has 1 atom stereocenters. The zero-order valence-electron chi connectivity index (χ0n) is 17.1. The van der Waals surface area contributed by atoms with Gasteiger partial charge in [-0.2, -0.15) is 4.72 Å². The van der Waals surface area contributed by atoms with Crippen LogP contribution < -0.4 is 10.5 Å². The molecule has 3 aromatic rings. The van der Waals surface area contributed by atoms with Crippen LogP contribution in [0.5, 0.6) is 0 Å². The summed E-state index contributed by atoms with van der Waals surface area (Å²) in [5.74, 6) is -0.856. The maximum absolute atomic E-state index is 13.0. The number of esters is 1. The number of nitrogens with one attached hydrogen (secondary N) is 1. The normalized spacial score (nSPS) is 13.9. The Hall–Kier alpha value is -2.16. The number of nitrogens with two attached hydrogens (primary N) is 1. The number of thiophene rings is 1. The summed E-state index contributed by atoms with van der Waals surface area (Å²) in [4.78, 5) is 12.6. The van der Waals surface area contributed by atoms with E-state index in [0.29, 0.717) is 5.69 Å². The minimum atomic E-state index is -3.91. The van der Waals surface area contributed by atoms with E-state index in [1.807, 2.05) is 18.2 Å². The Morgan fingerprint density at radius 3 is 2.38 bits per heavy atom. The van der Waals surface area contributed by atoms with Gasteiger partial charge in [-0.3, -0.25) is 4.79 Å². The van der Waals surface area contributed by atoms with Crippen molar-refractivity contribution in [1.82, 2.24) is 4.72 Å². The van der Waals surface area contributed by atoms with Gasteiger partial charge in [0.25, 0.3) is 0 Å². The largest absolute Gasteiger partial charge is 0.459 e. The van der Waals surface area contributed by atoms with Crippen LogP contribution in [0.15, 0.2) is 41.3 Å². The molecule has 0 fully saturated rings. The van der Waals surface area contributed by atoms with Crippen LogP contribution in [0.3, 0.4) is 0 Å². The topological polar surface area (TPSA) is 98.5 Å². The van der Waals surface area contributed by atoms with Gasteiger partial charge < -0.3 is 10.5 Å². The van der Waals surface area contributed by atoms with Gasteiger partial charge in [0.2, 0.25) is 10.0 Å². The first kappa shape index (κ1) is 21.5. The van der Waals surface area contributed by atoms with Gasteiger partial charge in [0.15, 0.2) is 0 Å². The monoisotopic (exact) mass is 434 g/mol. The lowest BCUT2D eigenvalue weighted by Crippen LogP contribution is -2.47. The third kappa shape index (κ3) is 4.71. The zero-order valence-corrected chi connectivity index (χ0v) is 18.8. The van der Waals surface area contributed by atoms with Crippen molar-refractivity contribution < 1.29 is 17.9 Å². The molecule has 6 nitrogen and oxygen atoms in total. The second-order valence-corrected chi connectivity index (χ2v) is 11.2. The Bertz CT molecular complexity index is 1170. The van der Waals surface area contributed by atoms with Gasteiger partial charge in [0.05, 0.1) is 4.90 Å². The maximum Gasteiger partial charge on any atom is 0.324 e. The molecule has 2 aromatic carbocycles. The smallest absolute Gasteiger partial charge is 0.324 e. The number of carbonyl (C=O) groups excluding carboxylic acids is 1. The SMILES string of the molecule is CC(C)[C@@H](NS(=O)(=O)c1ccc2c(c1)sc1ccc(N)cc12)C(=O)OC(C)(C)C. The minimum absolute atomic E-state index is 0.110. The molecule has 156 valence electrons. The number of nitrogen functional groups attached to an aromatic ring is 1. The predicted octanol–water partition coefficient (Wildman–Crippen LogP) is 4.28. The molecule has 0 aliphatic heterocycles. The van der Waals surface area contributed by atoms with Crippen molar-refractivity contribution in [3.8, 4) is 0 Å². The summed E-state index contributed by atoms with van der Waals surface area (Å²) < 4.78 is 35.8. The second kappa shape index (κ2) is 7.59. The van der Waals surface area contributed by atoms with E-state index in [0.717, 1.165) is 20.2 Å². The molecular formula is C21H26N2O4S2. The van der Waals surface area contributed by atoms with Crippen LogP contribution in [-0.2, 0) is 19.6 Å². The lowest BCUT2D eigenvalue weighted by Gasteiger charge is -2.26. The van der Waals surface area contributed by atoms with E-state index in [1.54, 1.807) is 52.8 Å². The fourth-order valence-electron chi connectivity index (χ4n) is 3.00. The van der Waals surface area contributed by atoms with Gasteiger partial charge in [-0.05, 0) is 57.0 Å². The number of hydrogen-bond donors (Lipinski definition) is 2. The number of fused-ring (bicyclic) bond motifs is 3. The summed E-state index contributed by atoms with van der Waals surface area (Å²) >= 11 is 1.50. The van der Waals surface area contributed by atoms with Gasteiger partial charge in [-0.25, -0.2) is 8.42 Å². The van der Waals surface area contributed by atoms with Crippen molar-refractivity contribution >= 4 is 53.2 Å². The Morgan fingerprint density at radius 1 is 1.07 bits per heavy atom. The van der Waals surface area contributed by atoms with Crippen molar-refractivity contribution in [2.45, 2.75) is 51.2 Å². The lowest BCUT2D eigenvalue weighted by molar-refractivity contribution is -0.158. The molecule has 0 aliphatic rings. The van der Waals surface area contributed by atoms with Crippen molar-refractivity contribution in [2.75, 3.05) is 5.73 Å². The summed E-state index contributed by atoms with van der Waals surface area (Å²) in [6.07, 6.45) is 0. The standard InChI is InChI=1S/C21H26N2O4S2/c1-12(2)19(20(24)27-21(3,4)5)23-29(25,26)14-7-8-15-16-10-13(22)6-9-17(16)28-18(15)11-14/h6-12,19,23H,22H2,1-5H3/t19-/m1/s1. The number of ether oxygens (including phenoxy) is 1. The van der Waals surface area contributed by atoms with Gasteiger partial charge in [0.1, 0.15) is 11.6 Å². The highest BCUT2D eigenvalue weighted by atomic mass is 32.2. The highest BCUT2D eigenvalue weighted by Gasteiger charge is 2.32. The molecule has 3 N–H and O–H groups in total. The van der Waals surface area contributed by atoms with Crippen LogP contribution in [-0.4, -0.2) is 26.0 Å². The molecule has 1 heterocycles. The zero-order chi connectivity index (χ0) is 21.6. The summed E-state index contributed by atoms with van der Waals surface area (Å²) in [5, 5.41) is 1.94. The third-order valence-electron chi connectivity index (χ3n) is 4.39. The van der Waals surface area contributed by atoms with Gasteiger partial charge in [-0.1, -0.05) is 19.9 Å². The third-order valence-corrected chi connectivity index (χ3v) is 6.96. The first-order chi connectivity index (χ1) is 13.4. The van der Waals surface area contributed by atoms with Crippen molar-refractivity contribution in [3.05, 3.63) is 36.4 Å². The van der Waals surface area contributed by atoms with E-state index in [2.05, 4.69) is 4.72 Å². The minimum Gasteiger partial charge on any atom is -0.459 e. The molecule has 8 heteroatoms. The Kier molecular flexibility index (Phi) is 5.64. The molecule has 1 aromatic heterocycles. The van der Waals surface area contributed by atoms with Crippen LogP contribution in [0.2, 0.25) is 0 Å². The molecule has 29 heavy (non-hydrogen) atoms. The van der Waals surface area contributed by atoms with E-state index in [9.17, 15) is 13.2 Å². The van der Waals surface area contributed by atoms with E-state index in [4.69, 9.17) is 10.5 Å². The number of rotatable bonds is 5. The average Bonchev–Trinajstić information content (AvgIpc) is 2.95. The van der Waals surface area contributed by atoms with Crippen LogP contribution in [0.25, 0.3) is 20.2 Å². The van der Waals surface area contributed by atoms with Crippen LogP contribution in [0.4, 0.5) is 5.69 Å². The Labute approximate surface area is 175 Å². The number of hydrogen-bond acceptors (Lipinski definition) is 6. The first-order valence-electron chi connectivity index (χ1n) is 9.34. The first-order valence-corrected chi connectivity index (χ1v) is 11.6. The quantitative estimate of drug-likeness (QED) is 0.461. The van der Waals surface area contributed by atoms with Crippen LogP contribution in [0, 0.1) is 5.92 Å². The average molecular weight is 435 g/mol. The molecule has 0 saturated carbocycles. The van der Waals surface area contributed by atoms with E-state index in [-0.39, 0.29) is 10.8 Å². The Balaban J connectivity index is 1.96. The molecule has 0 aliphatic carbocycles. The molecular weight excluding hydrogens is 408 g/mol. The van der Waals surface area contributed by atoms with Crippen molar-refractivity contribution in [2.24, 2.45) is 5.92 Å². The fraction of sp³-hybridized carbons (Fsp3) is 0.381. The Morgan fingerprint density at radius 2 is 1.76 bits per heavy atom. The fourth-order valence-corrected chi connectivity index (χ4v) is 5.56. The van der Waals surface area contributed by atoms with Gasteiger partial charge in [0, 0.05) is 25.9 Å². The lowest BCUT2D eigenvalue weighted by atomic mass is 10.1. The number of anilines is 1. The van der Waals surface area contributed by atoms with E-state index >= 15 is 0 Å². The van der Waals surface area contributed by atoms with Crippen molar-refractivity contribution in [3.63, 3.8) is 0 Å². The molecule has 0 amide bonds. The number of benzene rings is 2. The molecule has 0 radical (unpaired) electrons. The summed E-state index contributed by atoms with van der Waals surface area (Å²) in [7, 11) is -3.91. The predicted molar refractivity (Wildman–Crippen MR) is 119 cm³/mol. The number of carbonyl (C=O) groups is 1. The highest BCUT2D eigenvalue weighted by molar-refractivity contribution is 7.89. The van der Waals surface area contributed by atoms with Crippen LogP contribution in [0.1, 0.15) is 34.6 Å². The molecule has 0 bridgehead atoms. The van der Waals surface area contributed by atoms with Gasteiger partial charge >= 0.3 is 5.97 Å². The molecule has 3 rings (SSSR count). The summed E-state index contributed by atoms with van der Waals surface area (Å²) in [5.41, 5.74) is 5.84. The second-order valence-electron chi connectivity index (χ2n) is 8.39. The summed E-state index contributed by atoms with van der Waals surface area (Å²) in [6, 6.07) is 9.62. The van der Waals surface area contributed by atoms with Crippen molar-refractivity contribution in [1.29, 1.82) is 0 Å². The summed E-state index contributed by atoms with van der Waals surface area (Å²) in [6.45, 7) is 8.80. The van der Waals surface area contributed by atoms with E-state index in [1.165, 1.54) is 11.3 Å². The number of sulfonamides is 1. The molecule has 0 unspecified atom stereocenters. The van der Waals surface area contributed by atoms with E-state index < -0.39 is 27.6 Å². The molecule has 0 saturated heterocycles. The highest BCUT2D eigenvalue weighted by Crippen LogP contribution is 2.36. The molecule has 0 spiro atoms.